The third-order valence-corrected chi connectivity index (χ3v) is 7.52. The van der Waals surface area contributed by atoms with Gasteiger partial charge in [0.05, 0.1) is 29.8 Å². The lowest BCUT2D eigenvalue weighted by Crippen LogP contribution is -2.46. The maximum absolute atomic E-state index is 13.9. The smallest absolute Gasteiger partial charge is 0.249 e. The van der Waals surface area contributed by atoms with Crippen LogP contribution in [-0.2, 0) is 14.4 Å². The van der Waals surface area contributed by atoms with E-state index in [0.29, 0.717) is 16.4 Å². The SMILES string of the molecule is Cc1ccc(N2C(=O)[C@@H]3[C@H](C2=O)[C@H]2c4ccccc4C=NN2[C@@H]3C(=O)Nc2ccc(Cl)cc2)c(C)c1. The van der Waals surface area contributed by atoms with E-state index in [4.69, 9.17) is 11.6 Å². The molecule has 3 aromatic carbocycles. The molecule has 0 unspecified atom stereocenters. The maximum atomic E-state index is 13.9. The molecule has 6 rings (SSSR count). The Bertz CT molecular complexity index is 1450. The number of amides is 3. The molecule has 8 heteroatoms. The summed E-state index contributed by atoms with van der Waals surface area (Å²) >= 11 is 5.99. The van der Waals surface area contributed by atoms with Crippen molar-refractivity contribution in [1.29, 1.82) is 0 Å². The molecule has 180 valence electrons. The Hall–Kier alpha value is -3.97. The number of nitrogens with one attached hydrogen (secondary N) is 1. The molecule has 2 fully saturated rings. The van der Waals surface area contributed by atoms with Crippen LogP contribution < -0.4 is 10.2 Å². The predicted octanol–water partition coefficient (Wildman–Crippen LogP) is 4.47. The highest BCUT2D eigenvalue weighted by molar-refractivity contribution is 6.30. The molecule has 2 saturated heterocycles. The number of hydrazone groups is 1. The molecule has 0 aromatic heterocycles. The van der Waals surface area contributed by atoms with Crippen LogP contribution in [0.1, 0.15) is 28.3 Å². The first kappa shape index (κ1) is 22.5. The molecular weight excluding hydrogens is 476 g/mol. The maximum Gasteiger partial charge on any atom is 0.249 e. The number of hydrogen-bond donors (Lipinski definition) is 1. The Morgan fingerprint density at radius 3 is 2.42 bits per heavy atom. The van der Waals surface area contributed by atoms with E-state index in [9.17, 15) is 14.4 Å². The van der Waals surface area contributed by atoms with E-state index in [-0.39, 0.29) is 11.8 Å². The molecule has 0 saturated carbocycles. The van der Waals surface area contributed by atoms with Gasteiger partial charge in [-0.1, -0.05) is 53.6 Å². The van der Waals surface area contributed by atoms with Crippen molar-refractivity contribution in [1.82, 2.24) is 5.01 Å². The topological polar surface area (TPSA) is 82.1 Å². The van der Waals surface area contributed by atoms with Crippen LogP contribution in [0.4, 0.5) is 11.4 Å². The van der Waals surface area contributed by atoms with Crippen molar-refractivity contribution in [3.8, 4) is 0 Å². The van der Waals surface area contributed by atoms with E-state index in [2.05, 4.69) is 10.4 Å². The number of halogens is 1. The number of rotatable bonds is 3. The summed E-state index contributed by atoms with van der Waals surface area (Å²) in [5.41, 5.74) is 4.74. The molecule has 4 atom stereocenters. The fourth-order valence-electron chi connectivity index (χ4n) is 5.71. The van der Waals surface area contributed by atoms with Gasteiger partial charge in [0, 0.05) is 10.7 Å². The number of anilines is 2. The third-order valence-electron chi connectivity index (χ3n) is 7.27. The third kappa shape index (κ3) is 3.34. The van der Waals surface area contributed by atoms with Gasteiger partial charge in [-0.2, -0.15) is 5.10 Å². The summed E-state index contributed by atoms with van der Waals surface area (Å²) in [5, 5.41) is 9.65. The van der Waals surface area contributed by atoms with Crippen molar-refractivity contribution in [2.45, 2.75) is 25.9 Å². The summed E-state index contributed by atoms with van der Waals surface area (Å²) in [4.78, 5) is 42.8. The van der Waals surface area contributed by atoms with Crippen molar-refractivity contribution >= 4 is 46.9 Å². The van der Waals surface area contributed by atoms with Gasteiger partial charge in [-0.25, -0.2) is 4.90 Å². The lowest BCUT2D eigenvalue weighted by molar-refractivity contribution is -0.129. The Kier molecular flexibility index (Phi) is 5.19. The van der Waals surface area contributed by atoms with Gasteiger partial charge in [0.2, 0.25) is 17.7 Å². The van der Waals surface area contributed by atoms with Gasteiger partial charge in [-0.15, -0.1) is 0 Å². The first-order valence-electron chi connectivity index (χ1n) is 11.8. The lowest BCUT2D eigenvalue weighted by atomic mass is 9.85. The number of aryl methyl sites for hydroxylation is 2. The van der Waals surface area contributed by atoms with Gasteiger partial charge in [0.25, 0.3) is 0 Å². The van der Waals surface area contributed by atoms with Crippen LogP contribution in [0, 0.1) is 25.7 Å². The van der Waals surface area contributed by atoms with E-state index in [1.165, 1.54) is 4.90 Å². The van der Waals surface area contributed by atoms with Crippen molar-refractivity contribution in [2.75, 3.05) is 10.2 Å². The second-order valence-electron chi connectivity index (χ2n) is 9.49. The summed E-state index contributed by atoms with van der Waals surface area (Å²) < 4.78 is 0. The largest absolute Gasteiger partial charge is 0.324 e. The van der Waals surface area contributed by atoms with Gasteiger partial charge in [0.1, 0.15) is 6.04 Å². The minimum absolute atomic E-state index is 0.305. The normalized spacial score (nSPS) is 24.0. The number of benzene rings is 3. The second-order valence-corrected chi connectivity index (χ2v) is 9.93. The minimum atomic E-state index is -0.951. The van der Waals surface area contributed by atoms with Gasteiger partial charge in [-0.05, 0) is 60.9 Å². The van der Waals surface area contributed by atoms with E-state index in [1.807, 2.05) is 50.2 Å². The molecule has 3 heterocycles. The number of hydrogen-bond acceptors (Lipinski definition) is 5. The first-order chi connectivity index (χ1) is 17.3. The summed E-state index contributed by atoms with van der Waals surface area (Å²) in [6.07, 6.45) is 1.69. The first-order valence-corrected chi connectivity index (χ1v) is 12.2. The molecule has 3 amide bonds. The van der Waals surface area contributed by atoms with Crippen LogP contribution in [0.15, 0.2) is 71.8 Å². The van der Waals surface area contributed by atoms with Crippen LogP contribution in [0.3, 0.4) is 0 Å². The van der Waals surface area contributed by atoms with Crippen molar-refractivity contribution in [3.05, 3.63) is 94.0 Å². The predicted molar refractivity (Wildman–Crippen MR) is 138 cm³/mol. The molecule has 7 nitrogen and oxygen atoms in total. The highest BCUT2D eigenvalue weighted by Crippen LogP contribution is 2.53. The Morgan fingerprint density at radius 2 is 1.67 bits per heavy atom. The van der Waals surface area contributed by atoms with Crippen molar-refractivity contribution < 1.29 is 14.4 Å². The van der Waals surface area contributed by atoms with Crippen LogP contribution in [0.5, 0.6) is 0 Å². The van der Waals surface area contributed by atoms with E-state index in [1.54, 1.807) is 41.6 Å². The monoisotopic (exact) mass is 498 g/mol. The number of fused-ring (bicyclic) bond motifs is 5. The Balaban J connectivity index is 1.45. The van der Waals surface area contributed by atoms with E-state index >= 15 is 0 Å². The summed E-state index contributed by atoms with van der Waals surface area (Å²) in [6.45, 7) is 3.85. The number of nitrogens with zero attached hydrogens (tertiary/aromatic N) is 3. The van der Waals surface area contributed by atoms with Gasteiger partial charge < -0.3 is 5.32 Å². The zero-order chi connectivity index (χ0) is 25.1. The van der Waals surface area contributed by atoms with Crippen LogP contribution in [0.2, 0.25) is 5.02 Å². The number of carbonyl (C=O) groups is 3. The number of carbonyl (C=O) groups excluding carboxylic acids is 3. The second kappa shape index (κ2) is 8.31. The fourth-order valence-corrected chi connectivity index (χ4v) is 5.84. The minimum Gasteiger partial charge on any atom is -0.324 e. The summed E-state index contributed by atoms with van der Waals surface area (Å²) in [5.74, 6) is -2.69. The molecule has 0 bridgehead atoms. The molecule has 3 aromatic rings. The Morgan fingerprint density at radius 1 is 0.944 bits per heavy atom. The van der Waals surface area contributed by atoms with Crippen LogP contribution in [-0.4, -0.2) is 35.0 Å². The van der Waals surface area contributed by atoms with Gasteiger partial charge in [0.15, 0.2) is 0 Å². The molecular formula is C28H23ClN4O3. The molecule has 3 aliphatic rings. The zero-order valence-corrected chi connectivity index (χ0v) is 20.4. The molecule has 0 aliphatic carbocycles. The average molecular weight is 499 g/mol. The van der Waals surface area contributed by atoms with Crippen LogP contribution in [0.25, 0.3) is 0 Å². The number of imide groups is 1. The molecule has 36 heavy (non-hydrogen) atoms. The lowest BCUT2D eigenvalue weighted by Gasteiger charge is -2.33. The molecule has 0 radical (unpaired) electrons. The standard InChI is InChI=1S/C28H23ClN4O3/c1-15-7-12-21(16(2)13-15)32-27(35)22-23(28(32)36)25(26(34)31-19-10-8-18(29)9-11-19)33-24(22)20-6-4-3-5-17(20)14-30-33/h3-14,22-25H,1-2H3,(H,31,34)/t22-,23+,24+,25-/m0/s1. The molecule has 3 aliphatic heterocycles. The van der Waals surface area contributed by atoms with Crippen LogP contribution >= 0.6 is 11.6 Å². The fraction of sp³-hybridized carbons (Fsp3) is 0.214. The summed E-state index contributed by atoms with van der Waals surface area (Å²) in [6, 6.07) is 18.6. The highest BCUT2D eigenvalue weighted by Gasteiger charge is 2.65. The summed E-state index contributed by atoms with van der Waals surface area (Å²) in [7, 11) is 0. The van der Waals surface area contributed by atoms with E-state index in [0.717, 1.165) is 22.3 Å². The van der Waals surface area contributed by atoms with Gasteiger partial charge in [-0.3, -0.25) is 19.4 Å². The Labute approximate surface area is 213 Å². The quantitative estimate of drug-likeness (QED) is 0.540. The molecule has 1 N–H and O–H groups in total. The van der Waals surface area contributed by atoms with E-state index < -0.39 is 29.8 Å². The highest BCUT2D eigenvalue weighted by atomic mass is 35.5. The molecule has 0 spiro atoms. The zero-order valence-electron chi connectivity index (χ0n) is 19.7. The van der Waals surface area contributed by atoms with Gasteiger partial charge >= 0.3 is 0 Å². The van der Waals surface area contributed by atoms with Crippen molar-refractivity contribution in [3.63, 3.8) is 0 Å². The average Bonchev–Trinajstić information content (AvgIpc) is 3.34. The van der Waals surface area contributed by atoms with Crippen molar-refractivity contribution in [2.24, 2.45) is 16.9 Å².